The molecule has 0 fully saturated rings. The second-order valence-electron chi connectivity index (χ2n) is 5.57. The van der Waals surface area contributed by atoms with Crippen LogP contribution in [0.1, 0.15) is 36.5 Å². The molecule has 0 amide bonds. The average molecular weight is 288 g/mol. The monoisotopic (exact) mass is 288 g/mol. The van der Waals surface area contributed by atoms with Crippen LogP contribution in [0.2, 0.25) is 0 Å². The first kappa shape index (κ1) is 15.4. The summed E-state index contributed by atoms with van der Waals surface area (Å²) in [6, 6.07) is 11.1. The molecule has 0 aliphatic carbocycles. The summed E-state index contributed by atoms with van der Waals surface area (Å²) in [4.78, 5) is 12.0. The topological polar surface area (TPSA) is 17.1 Å². The zero-order valence-electron chi connectivity index (χ0n) is 12.2. The molecule has 0 atom stereocenters. The number of benzene rings is 2. The van der Waals surface area contributed by atoms with E-state index < -0.39 is 11.6 Å². The Balaban J connectivity index is 2.01. The molecule has 0 saturated heterocycles. The van der Waals surface area contributed by atoms with Crippen molar-refractivity contribution in [2.45, 2.75) is 32.6 Å². The zero-order valence-corrected chi connectivity index (χ0v) is 12.2. The summed E-state index contributed by atoms with van der Waals surface area (Å²) in [5.41, 5.74) is 2.51. The summed E-state index contributed by atoms with van der Waals surface area (Å²) in [5, 5.41) is 0. The van der Waals surface area contributed by atoms with Crippen molar-refractivity contribution in [1.82, 2.24) is 0 Å². The molecule has 2 aromatic carbocycles. The largest absolute Gasteiger partial charge is 0.299 e. The molecule has 0 aliphatic heterocycles. The number of carbonyl (C=O) groups is 1. The van der Waals surface area contributed by atoms with Gasteiger partial charge in [0.05, 0.1) is 0 Å². The maximum Gasteiger partial charge on any atom is 0.141 e. The van der Waals surface area contributed by atoms with E-state index in [4.69, 9.17) is 0 Å². The predicted octanol–water partition coefficient (Wildman–Crippen LogP) is 4.44. The molecule has 1 nitrogen and oxygen atoms in total. The number of hydrogen-bond donors (Lipinski definition) is 0. The van der Waals surface area contributed by atoms with Crippen LogP contribution >= 0.6 is 0 Å². The predicted molar refractivity (Wildman–Crippen MR) is 79.3 cm³/mol. The van der Waals surface area contributed by atoms with E-state index in [1.165, 1.54) is 17.7 Å². The van der Waals surface area contributed by atoms with Gasteiger partial charge >= 0.3 is 0 Å². The van der Waals surface area contributed by atoms with Crippen LogP contribution < -0.4 is 0 Å². The molecule has 0 unspecified atom stereocenters. The fourth-order valence-electron chi connectivity index (χ4n) is 2.25. The van der Waals surface area contributed by atoms with E-state index >= 15 is 0 Å². The summed E-state index contributed by atoms with van der Waals surface area (Å²) in [6.45, 7) is 4.22. The quantitative estimate of drug-likeness (QED) is 0.794. The SMILES string of the molecule is CC(C)c1ccc(CC(=O)Cc2cc(F)cc(F)c2)cc1. The smallest absolute Gasteiger partial charge is 0.141 e. The highest BCUT2D eigenvalue weighted by molar-refractivity contribution is 5.83. The maximum atomic E-state index is 13.1. The minimum Gasteiger partial charge on any atom is -0.299 e. The van der Waals surface area contributed by atoms with Crippen molar-refractivity contribution in [3.05, 3.63) is 70.8 Å². The van der Waals surface area contributed by atoms with Gasteiger partial charge in [-0.3, -0.25) is 4.79 Å². The van der Waals surface area contributed by atoms with Crippen LogP contribution in [0.15, 0.2) is 42.5 Å². The zero-order chi connectivity index (χ0) is 15.4. The van der Waals surface area contributed by atoms with E-state index in [0.717, 1.165) is 11.6 Å². The number of carbonyl (C=O) groups excluding carboxylic acids is 1. The van der Waals surface area contributed by atoms with E-state index in [9.17, 15) is 13.6 Å². The first-order chi connectivity index (χ1) is 9.94. The van der Waals surface area contributed by atoms with Gasteiger partial charge < -0.3 is 0 Å². The lowest BCUT2D eigenvalue weighted by Gasteiger charge is -2.07. The minimum atomic E-state index is -0.654. The van der Waals surface area contributed by atoms with Gasteiger partial charge in [0.1, 0.15) is 17.4 Å². The van der Waals surface area contributed by atoms with E-state index in [2.05, 4.69) is 13.8 Å². The van der Waals surface area contributed by atoms with Crippen LogP contribution in [0.5, 0.6) is 0 Å². The van der Waals surface area contributed by atoms with E-state index in [1.54, 1.807) is 0 Å². The van der Waals surface area contributed by atoms with E-state index in [0.29, 0.717) is 11.5 Å². The lowest BCUT2D eigenvalue weighted by molar-refractivity contribution is -0.117. The second kappa shape index (κ2) is 6.61. The third kappa shape index (κ3) is 4.48. The minimum absolute atomic E-state index is 0.0423. The van der Waals surface area contributed by atoms with Gasteiger partial charge in [-0.15, -0.1) is 0 Å². The van der Waals surface area contributed by atoms with Crippen LogP contribution in [-0.2, 0) is 17.6 Å². The molecule has 2 rings (SSSR count). The van der Waals surface area contributed by atoms with Gasteiger partial charge in [-0.1, -0.05) is 38.1 Å². The van der Waals surface area contributed by atoms with Crippen molar-refractivity contribution >= 4 is 5.78 Å². The van der Waals surface area contributed by atoms with Crippen LogP contribution in [0.4, 0.5) is 8.78 Å². The maximum absolute atomic E-state index is 13.1. The summed E-state index contributed by atoms with van der Waals surface area (Å²) in [5.74, 6) is -0.916. The fourth-order valence-corrected chi connectivity index (χ4v) is 2.25. The van der Waals surface area contributed by atoms with Gasteiger partial charge in [0, 0.05) is 18.9 Å². The van der Waals surface area contributed by atoms with E-state index in [-0.39, 0.29) is 18.6 Å². The van der Waals surface area contributed by atoms with Crippen LogP contribution in [0.3, 0.4) is 0 Å². The van der Waals surface area contributed by atoms with Gasteiger partial charge in [0.25, 0.3) is 0 Å². The number of ketones is 1. The molecule has 0 spiro atoms. The average Bonchev–Trinajstić information content (AvgIpc) is 2.37. The molecule has 3 heteroatoms. The van der Waals surface area contributed by atoms with E-state index in [1.807, 2.05) is 24.3 Å². The summed E-state index contributed by atoms with van der Waals surface area (Å²) in [6.07, 6.45) is 0.317. The first-order valence-corrected chi connectivity index (χ1v) is 6.99. The van der Waals surface area contributed by atoms with Crippen molar-refractivity contribution in [3.8, 4) is 0 Å². The number of halogens is 2. The molecule has 0 radical (unpaired) electrons. The Labute approximate surface area is 123 Å². The van der Waals surface area contributed by atoms with Gasteiger partial charge in [0.2, 0.25) is 0 Å². The van der Waals surface area contributed by atoms with Crippen molar-refractivity contribution in [1.29, 1.82) is 0 Å². The summed E-state index contributed by atoms with van der Waals surface area (Å²) < 4.78 is 26.1. The molecular formula is C18H18F2O. The molecule has 110 valence electrons. The Hall–Kier alpha value is -2.03. The molecule has 0 saturated carbocycles. The third-order valence-corrected chi connectivity index (χ3v) is 3.37. The number of Topliss-reactive ketones (excluding diaryl/α,β-unsaturated/α-hetero) is 1. The number of hydrogen-bond acceptors (Lipinski definition) is 1. The third-order valence-electron chi connectivity index (χ3n) is 3.37. The molecule has 0 aliphatic rings. The Morgan fingerprint density at radius 3 is 1.95 bits per heavy atom. The molecule has 0 bridgehead atoms. The van der Waals surface area contributed by atoms with Gasteiger partial charge in [0.15, 0.2) is 0 Å². The van der Waals surface area contributed by atoms with Crippen molar-refractivity contribution in [3.63, 3.8) is 0 Å². The Bertz CT molecular complexity index is 610. The molecule has 2 aromatic rings. The molecular weight excluding hydrogens is 270 g/mol. The van der Waals surface area contributed by atoms with Crippen LogP contribution in [0, 0.1) is 11.6 Å². The molecule has 0 heterocycles. The Kier molecular flexibility index (Phi) is 4.84. The van der Waals surface area contributed by atoms with Gasteiger partial charge in [-0.2, -0.15) is 0 Å². The van der Waals surface area contributed by atoms with Gasteiger partial charge in [-0.25, -0.2) is 8.78 Å². The van der Waals surface area contributed by atoms with Crippen molar-refractivity contribution in [2.24, 2.45) is 0 Å². The highest BCUT2D eigenvalue weighted by Gasteiger charge is 2.08. The lowest BCUT2D eigenvalue weighted by atomic mass is 9.98. The van der Waals surface area contributed by atoms with Crippen LogP contribution in [0.25, 0.3) is 0 Å². The summed E-state index contributed by atoms with van der Waals surface area (Å²) >= 11 is 0. The first-order valence-electron chi connectivity index (χ1n) is 6.99. The standard InChI is InChI=1S/C18H18F2O/c1-12(2)15-5-3-13(4-6-15)9-18(21)10-14-7-16(19)11-17(20)8-14/h3-8,11-12H,9-10H2,1-2H3. The highest BCUT2D eigenvalue weighted by atomic mass is 19.1. The highest BCUT2D eigenvalue weighted by Crippen LogP contribution is 2.16. The molecule has 21 heavy (non-hydrogen) atoms. The van der Waals surface area contributed by atoms with Crippen molar-refractivity contribution in [2.75, 3.05) is 0 Å². The number of rotatable bonds is 5. The Morgan fingerprint density at radius 1 is 0.905 bits per heavy atom. The second-order valence-corrected chi connectivity index (χ2v) is 5.57. The lowest BCUT2D eigenvalue weighted by Crippen LogP contribution is -2.07. The fraction of sp³-hybridized carbons (Fsp3) is 0.278. The normalized spacial score (nSPS) is 10.9. The summed E-state index contributed by atoms with van der Waals surface area (Å²) in [7, 11) is 0. The molecule has 0 aromatic heterocycles. The molecule has 0 N–H and O–H groups in total. The van der Waals surface area contributed by atoms with Crippen molar-refractivity contribution < 1.29 is 13.6 Å². The van der Waals surface area contributed by atoms with Gasteiger partial charge in [-0.05, 0) is 34.7 Å². The Morgan fingerprint density at radius 2 is 1.43 bits per heavy atom. The van der Waals surface area contributed by atoms with Crippen LogP contribution in [-0.4, -0.2) is 5.78 Å².